The number of carbonyl (C=O) groups excluding carboxylic acids is 1. The van der Waals surface area contributed by atoms with Crippen molar-refractivity contribution in [2.45, 2.75) is 45.1 Å². The van der Waals surface area contributed by atoms with Crippen LogP contribution in [0.15, 0.2) is 0 Å². The van der Waals surface area contributed by atoms with Gasteiger partial charge in [0.15, 0.2) is 0 Å². The summed E-state index contributed by atoms with van der Waals surface area (Å²) in [4.78, 5) is 14.0. The predicted octanol–water partition coefficient (Wildman–Crippen LogP) is 0.716. The quantitative estimate of drug-likeness (QED) is 0.630. The molecule has 3 N–H and O–H groups in total. The molecule has 0 aliphatic heterocycles. The minimum Gasteiger partial charge on any atom is -0.354 e. The fourth-order valence-electron chi connectivity index (χ4n) is 2.01. The topological polar surface area (TPSA) is 58.4 Å². The Kier molecular flexibility index (Phi) is 5.22. The Bertz CT molecular complexity index is 222. The number of nitrogens with two attached hydrogens (primary N) is 1. The van der Waals surface area contributed by atoms with Crippen LogP contribution in [0.3, 0.4) is 0 Å². The zero-order chi connectivity index (χ0) is 12.0. The number of rotatable bonds is 7. The first-order valence-electron chi connectivity index (χ1n) is 6.42. The molecule has 0 aromatic carbocycles. The molecule has 1 rings (SSSR count). The number of carbonyl (C=O) groups is 1. The zero-order valence-corrected chi connectivity index (χ0v) is 10.6. The number of amides is 1. The molecule has 16 heavy (non-hydrogen) atoms. The van der Waals surface area contributed by atoms with Crippen molar-refractivity contribution in [3.8, 4) is 0 Å². The third-order valence-corrected chi connectivity index (χ3v) is 3.53. The summed E-state index contributed by atoms with van der Waals surface area (Å²) in [5.41, 5.74) is 5.37. The summed E-state index contributed by atoms with van der Waals surface area (Å²) >= 11 is 0. The van der Waals surface area contributed by atoms with E-state index in [0.717, 1.165) is 51.9 Å². The molecule has 4 nitrogen and oxygen atoms in total. The molecule has 1 aliphatic rings. The van der Waals surface area contributed by atoms with Gasteiger partial charge in [0.05, 0.1) is 5.54 Å². The molecule has 0 atom stereocenters. The number of nitrogens with zero attached hydrogens (tertiary/aromatic N) is 1. The van der Waals surface area contributed by atoms with Crippen LogP contribution in [0.5, 0.6) is 0 Å². The molecule has 1 amide bonds. The summed E-state index contributed by atoms with van der Waals surface area (Å²) in [6.45, 7) is 8.26. The highest BCUT2D eigenvalue weighted by molar-refractivity contribution is 5.86. The first-order chi connectivity index (χ1) is 7.62. The van der Waals surface area contributed by atoms with Crippen LogP contribution in [-0.2, 0) is 4.79 Å². The average molecular weight is 227 g/mol. The van der Waals surface area contributed by atoms with E-state index >= 15 is 0 Å². The lowest BCUT2D eigenvalue weighted by molar-refractivity contribution is -0.129. The van der Waals surface area contributed by atoms with Crippen molar-refractivity contribution in [3.05, 3.63) is 0 Å². The largest absolute Gasteiger partial charge is 0.354 e. The summed E-state index contributed by atoms with van der Waals surface area (Å²) in [5.74, 6) is 0.0401. The van der Waals surface area contributed by atoms with Crippen LogP contribution in [0.1, 0.15) is 39.5 Å². The summed E-state index contributed by atoms with van der Waals surface area (Å²) in [7, 11) is 0. The second kappa shape index (κ2) is 6.21. The van der Waals surface area contributed by atoms with Gasteiger partial charge in [-0.05, 0) is 45.3 Å². The molecule has 0 spiro atoms. The van der Waals surface area contributed by atoms with E-state index in [9.17, 15) is 4.79 Å². The summed E-state index contributed by atoms with van der Waals surface area (Å²) in [6.07, 6.45) is 3.77. The van der Waals surface area contributed by atoms with Gasteiger partial charge in [-0.25, -0.2) is 0 Å². The Morgan fingerprint density at radius 2 is 2.00 bits per heavy atom. The maximum atomic E-state index is 11.7. The van der Waals surface area contributed by atoms with Gasteiger partial charge >= 0.3 is 0 Å². The van der Waals surface area contributed by atoms with Gasteiger partial charge in [0.1, 0.15) is 0 Å². The van der Waals surface area contributed by atoms with Crippen LogP contribution in [0.4, 0.5) is 0 Å². The Morgan fingerprint density at radius 1 is 1.38 bits per heavy atom. The average Bonchev–Trinajstić information content (AvgIpc) is 2.25. The first kappa shape index (κ1) is 13.5. The van der Waals surface area contributed by atoms with Crippen molar-refractivity contribution in [3.63, 3.8) is 0 Å². The molecule has 0 bridgehead atoms. The monoisotopic (exact) mass is 227 g/mol. The van der Waals surface area contributed by atoms with Crippen molar-refractivity contribution in [1.29, 1.82) is 0 Å². The fraction of sp³-hybridized carbons (Fsp3) is 0.917. The van der Waals surface area contributed by atoms with E-state index in [-0.39, 0.29) is 5.91 Å². The molecule has 1 saturated carbocycles. The number of hydrogen-bond donors (Lipinski definition) is 2. The Balaban J connectivity index is 2.09. The molecule has 0 aromatic heterocycles. The first-order valence-corrected chi connectivity index (χ1v) is 6.42. The second-order valence-corrected chi connectivity index (χ2v) is 4.65. The number of nitrogens with one attached hydrogen (secondary N) is 1. The molecule has 1 fully saturated rings. The van der Waals surface area contributed by atoms with Crippen LogP contribution in [0, 0.1) is 0 Å². The van der Waals surface area contributed by atoms with E-state index < -0.39 is 5.54 Å². The van der Waals surface area contributed by atoms with Gasteiger partial charge < -0.3 is 16.0 Å². The third-order valence-electron chi connectivity index (χ3n) is 3.53. The maximum Gasteiger partial charge on any atom is 0.240 e. The van der Waals surface area contributed by atoms with Crippen molar-refractivity contribution >= 4 is 5.91 Å². The van der Waals surface area contributed by atoms with Crippen molar-refractivity contribution < 1.29 is 4.79 Å². The summed E-state index contributed by atoms with van der Waals surface area (Å²) < 4.78 is 0. The zero-order valence-electron chi connectivity index (χ0n) is 10.6. The lowest BCUT2D eigenvalue weighted by Gasteiger charge is -2.36. The van der Waals surface area contributed by atoms with Crippen LogP contribution >= 0.6 is 0 Å². The van der Waals surface area contributed by atoms with Gasteiger partial charge in [-0.15, -0.1) is 0 Å². The second-order valence-electron chi connectivity index (χ2n) is 4.65. The lowest BCUT2D eigenvalue weighted by Crippen LogP contribution is -2.58. The summed E-state index contributed by atoms with van der Waals surface area (Å²) in [5, 5.41) is 2.94. The molecule has 0 saturated heterocycles. The van der Waals surface area contributed by atoms with Crippen LogP contribution in [0.25, 0.3) is 0 Å². The van der Waals surface area contributed by atoms with Crippen molar-refractivity contribution in [1.82, 2.24) is 10.2 Å². The Labute approximate surface area is 98.6 Å². The smallest absolute Gasteiger partial charge is 0.240 e. The van der Waals surface area contributed by atoms with Crippen LogP contribution < -0.4 is 11.1 Å². The minimum absolute atomic E-state index is 0.0401. The van der Waals surface area contributed by atoms with Crippen molar-refractivity contribution in [2.24, 2.45) is 5.73 Å². The van der Waals surface area contributed by atoms with E-state index in [1.807, 2.05) is 0 Å². The van der Waals surface area contributed by atoms with Gasteiger partial charge in [0.2, 0.25) is 5.91 Å². The van der Waals surface area contributed by atoms with E-state index in [1.165, 1.54) is 0 Å². The van der Waals surface area contributed by atoms with Crippen LogP contribution in [0.2, 0.25) is 0 Å². The highest BCUT2D eigenvalue weighted by atomic mass is 16.2. The molecule has 1 aliphatic carbocycles. The molecule has 0 radical (unpaired) electrons. The SMILES string of the molecule is CCN(CC)CCCNC(=O)C1(N)CCC1. The van der Waals surface area contributed by atoms with Crippen LogP contribution in [-0.4, -0.2) is 42.5 Å². The highest BCUT2D eigenvalue weighted by Crippen LogP contribution is 2.28. The van der Waals surface area contributed by atoms with Gasteiger partial charge in [-0.3, -0.25) is 4.79 Å². The molecule has 0 heterocycles. The minimum atomic E-state index is -0.546. The third kappa shape index (κ3) is 3.46. The summed E-state index contributed by atoms with van der Waals surface area (Å²) in [6, 6.07) is 0. The Hall–Kier alpha value is -0.610. The predicted molar refractivity (Wildman–Crippen MR) is 66.2 cm³/mol. The maximum absolute atomic E-state index is 11.7. The lowest BCUT2D eigenvalue weighted by atomic mass is 9.77. The molecular formula is C12H25N3O. The van der Waals surface area contributed by atoms with Gasteiger partial charge in [0.25, 0.3) is 0 Å². The van der Waals surface area contributed by atoms with E-state index in [1.54, 1.807) is 0 Å². The molecule has 4 heteroatoms. The van der Waals surface area contributed by atoms with Crippen molar-refractivity contribution in [2.75, 3.05) is 26.2 Å². The number of hydrogen-bond acceptors (Lipinski definition) is 3. The van der Waals surface area contributed by atoms with E-state index in [2.05, 4.69) is 24.1 Å². The van der Waals surface area contributed by atoms with Gasteiger partial charge in [-0.1, -0.05) is 13.8 Å². The standard InChI is InChI=1S/C12H25N3O/c1-3-15(4-2)10-6-9-14-11(16)12(13)7-5-8-12/h3-10,13H2,1-2H3,(H,14,16). The van der Waals surface area contributed by atoms with E-state index in [0.29, 0.717) is 0 Å². The van der Waals surface area contributed by atoms with Gasteiger partial charge in [-0.2, -0.15) is 0 Å². The molecular weight excluding hydrogens is 202 g/mol. The Morgan fingerprint density at radius 3 is 2.44 bits per heavy atom. The fourth-order valence-corrected chi connectivity index (χ4v) is 2.01. The molecule has 0 unspecified atom stereocenters. The van der Waals surface area contributed by atoms with E-state index in [4.69, 9.17) is 5.73 Å². The molecule has 0 aromatic rings. The highest BCUT2D eigenvalue weighted by Gasteiger charge is 2.39. The normalized spacial score (nSPS) is 18.2. The van der Waals surface area contributed by atoms with Gasteiger partial charge in [0, 0.05) is 6.54 Å². The molecule has 94 valence electrons.